The molecule has 1 atom stereocenters. The Morgan fingerprint density at radius 1 is 0.328 bits per heavy atom. The Kier molecular flexibility index (Phi) is 48.1. The number of carbonyl (C=O) groups is 3. The number of esters is 3. The van der Waals surface area contributed by atoms with Crippen LogP contribution < -0.4 is 0 Å². The highest BCUT2D eigenvalue weighted by molar-refractivity contribution is 5.71. The van der Waals surface area contributed by atoms with Crippen molar-refractivity contribution in [2.75, 3.05) is 13.2 Å². The number of unbranched alkanes of at least 4 members (excludes halogenated alkanes) is 13. The maximum atomic E-state index is 12.7. The van der Waals surface area contributed by atoms with Gasteiger partial charge in [-0.1, -0.05) is 213 Å². The molecule has 0 amide bonds. The number of hydrogen-bond acceptors (Lipinski definition) is 6. The minimum absolute atomic E-state index is 0.122. The Balaban J connectivity index is 4.53. The van der Waals surface area contributed by atoms with Gasteiger partial charge in [0, 0.05) is 19.3 Å². The first-order chi connectivity index (χ1) is 31.5. The Bertz CT molecular complexity index is 1390. The summed E-state index contributed by atoms with van der Waals surface area (Å²) >= 11 is 0. The predicted octanol–water partition coefficient (Wildman–Crippen LogP) is 16.9. The van der Waals surface area contributed by atoms with E-state index in [-0.39, 0.29) is 38.0 Å². The monoisotopic (exact) mass is 885 g/mol. The Morgan fingerprint density at radius 3 is 1.02 bits per heavy atom. The summed E-state index contributed by atoms with van der Waals surface area (Å²) in [5.41, 5.74) is 0. The standard InChI is InChI=1S/C58H92O6/c1-4-7-10-13-16-19-22-25-26-27-28-29-30-31-32-34-36-39-42-45-48-51-57(60)63-54-55(53-62-56(59)50-47-44-41-38-35-24-21-18-15-12-9-6-3)64-58(61)52-49-46-43-40-37-33-23-20-17-14-11-8-5-2/h7-8,10-11,16-17,19-20,25-26,28-29,31-33,36-37,39,43,46,55H,4-6,9,12-15,18,21-24,27,30,34-35,38,40-42,44-45,47-54H2,1-3H3/b10-7-,11-8-,19-16-,20-17-,26-25-,29-28-,32-31-,37-33-,39-36-,46-43-. The maximum Gasteiger partial charge on any atom is 0.306 e. The van der Waals surface area contributed by atoms with E-state index in [0.717, 1.165) is 96.3 Å². The van der Waals surface area contributed by atoms with Gasteiger partial charge >= 0.3 is 17.9 Å². The zero-order valence-corrected chi connectivity index (χ0v) is 41.0. The third-order valence-electron chi connectivity index (χ3n) is 10.2. The summed E-state index contributed by atoms with van der Waals surface area (Å²) in [5.74, 6) is -1.06. The van der Waals surface area contributed by atoms with Crippen LogP contribution in [0.5, 0.6) is 0 Å². The summed E-state index contributed by atoms with van der Waals surface area (Å²) < 4.78 is 16.7. The lowest BCUT2D eigenvalue weighted by atomic mass is 10.0. The minimum atomic E-state index is -0.835. The average Bonchev–Trinajstić information content (AvgIpc) is 3.29. The molecular weight excluding hydrogens is 793 g/mol. The number of carbonyl (C=O) groups excluding carboxylic acids is 3. The number of allylic oxidation sites excluding steroid dienone is 20. The normalized spacial score (nSPS) is 13.1. The second kappa shape index (κ2) is 51.4. The van der Waals surface area contributed by atoms with Gasteiger partial charge in [0.1, 0.15) is 13.2 Å². The Morgan fingerprint density at radius 2 is 0.641 bits per heavy atom. The van der Waals surface area contributed by atoms with Crippen molar-refractivity contribution in [2.45, 2.75) is 213 Å². The molecule has 0 aliphatic rings. The first-order valence-corrected chi connectivity index (χ1v) is 25.5. The van der Waals surface area contributed by atoms with E-state index in [0.29, 0.717) is 19.3 Å². The molecule has 0 radical (unpaired) electrons. The molecule has 0 bridgehead atoms. The van der Waals surface area contributed by atoms with Crippen molar-refractivity contribution in [3.63, 3.8) is 0 Å². The Labute approximate surface area is 392 Å². The highest BCUT2D eigenvalue weighted by Gasteiger charge is 2.19. The summed E-state index contributed by atoms with van der Waals surface area (Å²) in [4.78, 5) is 37.9. The van der Waals surface area contributed by atoms with Crippen LogP contribution in [-0.2, 0) is 28.6 Å². The first-order valence-electron chi connectivity index (χ1n) is 25.5. The fourth-order valence-corrected chi connectivity index (χ4v) is 6.46. The molecule has 360 valence electrons. The van der Waals surface area contributed by atoms with Crippen LogP contribution in [0.25, 0.3) is 0 Å². The van der Waals surface area contributed by atoms with Crippen molar-refractivity contribution in [2.24, 2.45) is 0 Å². The smallest absolute Gasteiger partial charge is 0.306 e. The second-order valence-corrected chi connectivity index (χ2v) is 16.3. The van der Waals surface area contributed by atoms with E-state index in [1.807, 2.05) is 12.2 Å². The number of rotatable bonds is 44. The van der Waals surface area contributed by atoms with Crippen LogP contribution in [0.1, 0.15) is 207 Å². The van der Waals surface area contributed by atoms with E-state index in [2.05, 4.69) is 130 Å². The molecule has 0 saturated heterocycles. The van der Waals surface area contributed by atoms with Gasteiger partial charge in [0.2, 0.25) is 0 Å². The van der Waals surface area contributed by atoms with E-state index < -0.39 is 12.1 Å². The van der Waals surface area contributed by atoms with Crippen molar-refractivity contribution in [3.05, 3.63) is 122 Å². The minimum Gasteiger partial charge on any atom is -0.462 e. The van der Waals surface area contributed by atoms with Crippen LogP contribution in [0.15, 0.2) is 122 Å². The quantitative estimate of drug-likeness (QED) is 0.0262. The van der Waals surface area contributed by atoms with Crippen molar-refractivity contribution < 1.29 is 28.6 Å². The molecule has 0 heterocycles. The van der Waals surface area contributed by atoms with Crippen LogP contribution in [0.2, 0.25) is 0 Å². The molecule has 6 nitrogen and oxygen atoms in total. The van der Waals surface area contributed by atoms with E-state index in [4.69, 9.17) is 14.2 Å². The molecule has 0 saturated carbocycles. The van der Waals surface area contributed by atoms with E-state index in [1.165, 1.54) is 57.8 Å². The fourth-order valence-electron chi connectivity index (χ4n) is 6.46. The molecule has 0 rings (SSSR count). The van der Waals surface area contributed by atoms with Gasteiger partial charge < -0.3 is 14.2 Å². The first kappa shape index (κ1) is 59.8. The molecule has 1 unspecified atom stereocenters. The fraction of sp³-hybridized carbons (Fsp3) is 0.603. The van der Waals surface area contributed by atoms with Crippen LogP contribution >= 0.6 is 0 Å². The van der Waals surface area contributed by atoms with Crippen molar-refractivity contribution in [1.82, 2.24) is 0 Å². The van der Waals surface area contributed by atoms with Gasteiger partial charge in [-0.25, -0.2) is 0 Å². The van der Waals surface area contributed by atoms with Gasteiger partial charge in [0.05, 0.1) is 0 Å². The molecule has 0 aliphatic heterocycles. The van der Waals surface area contributed by atoms with Gasteiger partial charge in [0.25, 0.3) is 0 Å². The maximum absolute atomic E-state index is 12.7. The van der Waals surface area contributed by atoms with Crippen LogP contribution in [-0.4, -0.2) is 37.2 Å². The molecule has 0 N–H and O–H groups in total. The molecular formula is C58H92O6. The van der Waals surface area contributed by atoms with Gasteiger partial charge in [-0.2, -0.15) is 0 Å². The molecule has 6 heteroatoms. The molecule has 0 aromatic carbocycles. The number of hydrogen-bond donors (Lipinski definition) is 0. The average molecular weight is 885 g/mol. The molecule has 0 fully saturated rings. The largest absolute Gasteiger partial charge is 0.462 e. The highest BCUT2D eigenvalue weighted by atomic mass is 16.6. The number of ether oxygens (including phenoxy) is 3. The lowest BCUT2D eigenvalue weighted by molar-refractivity contribution is -0.166. The lowest BCUT2D eigenvalue weighted by Crippen LogP contribution is -2.30. The van der Waals surface area contributed by atoms with Gasteiger partial charge in [-0.3, -0.25) is 14.4 Å². The van der Waals surface area contributed by atoms with Gasteiger partial charge in [-0.15, -0.1) is 0 Å². The third-order valence-corrected chi connectivity index (χ3v) is 10.2. The summed E-state index contributed by atoms with van der Waals surface area (Å²) in [6, 6.07) is 0. The summed E-state index contributed by atoms with van der Waals surface area (Å²) in [5, 5.41) is 0. The van der Waals surface area contributed by atoms with Crippen molar-refractivity contribution in [1.29, 1.82) is 0 Å². The summed E-state index contributed by atoms with van der Waals surface area (Å²) in [6.45, 7) is 6.28. The molecule has 0 aromatic rings. The molecule has 64 heavy (non-hydrogen) atoms. The van der Waals surface area contributed by atoms with Gasteiger partial charge in [-0.05, 0) is 96.3 Å². The van der Waals surface area contributed by atoms with Crippen molar-refractivity contribution in [3.8, 4) is 0 Å². The Hall–Kier alpha value is -4.19. The lowest BCUT2D eigenvalue weighted by Gasteiger charge is -2.18. The SMILES string of the molecule is CC/C=C\C/C=C\C/C=C\C/C=C\C/C=C\C/C=C\CCCCC(=O)OCC(COC(=O)CCCCCCCCCCCCCC)OC(=O)CC/C=C\C/C=C\C/C=C\C/C=C\CC. The van der Waals surface area contributed by atoms with Gasteiger partial charge in [0.15, 0.2) is 6.10 Å². The second-order valence-electron chi connectivity index (χ2n) is 16.3. The topological polar surface area (TPSA) is 78.9 Å². The zero-order chi connectivity index (χ0) is 46.5. The molecule has 0 spiro atoms. The van der Waals surface area contributed by atoms with Crippen LogP contribution in [0, 0.1) is 0 Å². The predicted molar refractivity (Wildman–Crippen MR) is 274 cm³/mol. The van der Waals surface area contributed by atoms with Crippen LogP contribution in [0.3, 0.4) is 0 Å². The third kappa shape index (κ3) is 48.8. The molecule has 0 aromatic heterocycles. The summed E-state index contributed by atoms with van der Waals surface area (Å²) in [7, 11) is 0. The van der Waals surface area contributed by atoms with E-state index >= 15 is 0 Å². The van der Waals surface area contributed by atoms with Crippen LogP contribution in [0.4, 0.5) is 0 Å². The zero-order valence-electron chi connectivity index (χ0n) is 41.0. The highest BCUT2D eigenvalue weighted by Crippen LogP contribution is 2.13. The van der Waals surface area contributed by atoms with Crippen molar-refractivity contribution >= 4 is 17.9 Å². The molecule has 0 aliphatic carbocycles. The van der Waals surface area contributed by atoms with E-state index in [9.17, 15) is 14.4 Å². The van der Waals surface area contributed by atoms with E-state index in [1.54, 1.807) is 0 Å². The summed E-state index contributed by atoms with van der Waals surface area (Å²) in [6.07, 6.45) is 70.6.